The first kappa shape index (κ1) is 16.6. The molecule has 2 aliphatic heterocycles. The summed E-state index contributed by atoms with van der Waals surface area (Å²) in [7, 11) is 2.31. The van der Waals surface area contributed by atoms with Crippen LogP contribution in [0.2, 0.25) is 0 Å². The summed E-state index contributed by atoms with van der Waals surface area (Å²) in [6.45, 7) is 4.56. The molecule has 0 radical (unpaired) electrons. The molecule has 5 fully saturated rings. The number of amides is 1. The molecule has 1 aromatic carbocycles. The quantitative estimate of drug-likeness (QED) is 0.813. The van der Waals surface area contributed by atoms with Gasteiger partial charge in [0.1, 0.15) is 0 Å². The number of anilines is 1. The summed E-state index contributed by atoms with van der Waals surface area (Å²) >= 11 is 0. The Morgan fingerprint density at radius 3 is 2.44 bits per heavy atom. The Kier molecular flexibility index (Phi) is 3.44. The van der Waals surface area contributed by atoms with Crippen molar-refractivity contribution < 1.29 is 9.69 Å². The number of fused-ring (bicyclic) bond motifs is 3. The molecular weight excluding hydrogens is 332 g/mol. The van der Waals surface area contributed by atoms with Gasteiger partial charge in [0, 0.05) is 12.1 Å². The maximum Gasteiger partial charge on any atom is 0.233 e. The maximum absolute atomic E-state index is 14.2. The minimum Gasteiger partial charge on any atom is -0.337 e. The van der Waals surface area contributed by atoms with Gasteiger partial charge in [-0.25, -0.2) is 0 Å². The summed E-state index contributed by atoms with van der Waals surface area (Å²) in [5, 5.41) is 0. The Balaban J connectivity index is 1.41. The molecule has 1 N–H and O–H groups in total. The summed E-state index contributed by atoms with van der Waals surface area (Å²) in [5.41, 5.74) is 4.02. The van der Waals surface area contributed by atoms with E-state index >= 15 is 0 Å². The van der Waals surface area contributed by atoms with Crippen LogP contribution in [0.3, 0.4) is 0 Å². The second kappa shape index (κ2) is 5.59. The Morgan fingerprint density at radius 2 is 1.78 bits per heavy atom. The summed E-state index contributed by atoms with van der Waals surface area (Å²) in [5.74, 6) is 3.54. The molecular formula is C24H33N2O+. The number of nitrogens with zero attached hydrogens (tertiary/aromatic N) is 1. The van der Waals surface area contributed by atoms with Crippen LogP contribution in [0.4, 0.5) is 5.69 Å². The van der Waals surface area contributed by atoms with E-state index in [0.29, 0.717) is 17.9 Å². The lowest BCUT2D eigenvalue weighted by Gasteiger charge is -2.57. The third kappa shape index (κ3) is 2.33. The first-order chi connectivity index (χ1) is 13.0. The number of carbonyl (C=O) groups is 1. The first-order valence-corrected chi connectivity index (χ1v) is 11.3. The number of nitrogens with one attached hydrogen (secondary N) is 1. The number of aryl methyl sites for hydroxylation is 1. The highest BCUT2D eigenvalue weighted by atomic mass is 16.2. The van der Waals surface area contributed by atoms with E-state index in [1.807, 2.05) is 0 Å². The van der Waals surface area contributed by atoms with E-state index in [-0.39, 0.29) is 5.41 Å². The van der Waals surface area contributed by atoms with Gasteiger partial charge in [-0.15, -0.1) is 0 Å². The lowest BCUT2D eigenvalue weighted by molar-refractivity contribution is -0.886. The van der Waals surface area contributed by atoms with Gasteiger partial charge in [-0.1, -0.05) is 17.7 Å². The van der Waals surface area contributed by atoms with Gasteiger partial charge < -0.3 is 9.80 Å². The molecule has 2 heterocycles. The maximum atomic E-state index is 14.2. The highest BCUT2D eigenvalue weighted by Crippen LogP contribution is 2.61. The molecule has 1 saturated heterocycles. The van der Waals surface area contributed by atoms with Gasteiger partial charge in [-0.3, -0.25) is 4.79 Å². The number of hydrogen-bond acceptors (Lipinski definition) is 1. The highest BCUT2D eigenvalue weighted by Gasteiger charge is 2.58. The van der Waals surface area contributed by atoms with Crippen LogP contribution in [0, 0.1) is 30.1 Å². The van der Waals surface area contributed by atoms with E-state index in [0.717, 1.165) is 24.2 Å². The van der Waals surface area contributed by atoms with Gasteiger partial charge in [-0.05, 0) is 74.8 Å². The van der Waals surface area contributed by atoms with Gasteiger partial charge in [0.2, 0.25) is 5.91 Å². The Hall–Kier alpha value is -1.35. The van der Waals surface area contributed by atoms with Crippen LogP contribution in [0.5, 0.6) is 0 Å². The average molecular weight is 366 g/mol. The fourth-order valence-corrected chi connectivity index (χ4v) is 8.09. The number of benzene rings is 1. The molecule has 6 aliphatic rings. The first-order valence-electron chi connectivity index (χ1n) is 11.3. The van der Waals surface area contributed by atoms with Crippen molar-refractivity contribution >= 4 is 11.6 Å². The molecule has 1 aromatic rings. The number of rotatable bonds is 1. The van der Waals surface area contributed by atoms with Crippen LogP contribution in [0.1, 0.15) is 62.0 Å². The topological polar surface area (TPSA) is 24.8 Å². The van der Waals surface area contributed by atoms with E-state index in [4.69, 9.17) is 0 Å². The van der Waals surface area contributed by atoms with Crippen LogP contribution in [0.15, 0.2) is 18.2 Å². The summed E-state index contributed by atoms with van der Waals surface area (Å²) in [6.07, 6.45) is 8.91. The van der Waals surface area contributed by atoms with Crippen molar-refractivity contribution in [1.82, 2.24) is 0 Å². The molecule has 0 aromatic heterocycles. The molecule has 3 heteroatoms. The van der Waals surface area contributed by atoms with E-state index in [1.165, 1.54) is 68.4 Å². The molecule has 3 nitrogen and oxygen atoms in total. The van der Waals surface area contributed by atoms with Crippen LogP contribution in [0.25, 0.3) is 0 Å². The zero-order chi connectivity index (χ0) is 18.3. The molecule has 1 amide bonds. The normalized spacial score (nSPS) is 44.3. The summed E-state index contributed by atoms with van der Waals surface area (Å²) in [4.78, 5) is 18.2. The van der Waals surface area contributed by atoms with E-state index in [2.05, 4.69) is 37.1 Å². The minimum absolute atomic E-state index is 0.0258. The summed E-state index contributed by atoms with van der Waals surface area (Å²) < 4.78 is 0. The number of likely N-dealkylation sites (N-methyl/N-ethyl adjacent to an activating group) is 1. The van der Waals surface area contributed by atoms with Gasteiger partial charge >= 0.3 is 0 Å². The van der Waals surface area contributed by atoms with Crippen molar-refractivity contribution in [1.29, 1.82) is 0 Å². The van der Waals surface area contributed by atoms with Gasteiger partial charge in [0.25, 0.3) is 0 Å². The Morgan fingerprint density at radius 1 is 1.11 bits per heavy atom. The SMILES string of the molecule is Cc1ccc2c(c1)[C@@H]1C[NH+](C)CC[C@H]1N2C(=O)C12CC3CC(CC(C3)C1)C2. The van der Waals surface area contributed by atoms with Crippen LogP contribution in [-0.4, -0.2) is 32.1 Å². The number of quaternary nitrogens is 1. The van der Waals surface area contributed by atoms with Crippen molar-refractivity contribution in [2.45, 2.75) is 63.8 Å². The Bertz CT molecular complexity index is 764. The van der Waals surface area contributed by atoms with Crippen LogP contribution >= 0.6 is 0 Å². The number of piperidine rings is 1. The lowest BCUT2D eigenvalue weighted by atomic mass is 9.49. The van der Waals surface area contributed by atoms with Crippen LogP contribution in [-0.2, 0) is 4.79 Å². The largest absolute Gasteiger partial charge is 0.337 e. The van der Waals surface area contributed by atoms with Crippen LogP contribution < -0.4 is 9.80 Å². The molecule has 3 atom stereocenters. The smallest absolute Gasteiger partial charge is 0.233 e. The molecule has 4 aliphatic carbocycles. The molecule has 4 saturated carbocycles. The molecule has 1 unspecified atom stereocenters. The lowest BCUT2D eigenvalue weighted by Crippen LogP contribution is -3.11. The van der Waals surface area contributed by atoms with E-state index in [1.54, 1.807) is 4.90 Å². The number of hydrogen-bond donors (Lipinski definition) is 1. The van der Waals surface area contributed by atoms with Crippen molar-refractivity contribution in [3.05, 3.63) is 29.3 Å². The predicted molar refractivity (Wildman–Crippen MR) is 107 cm³/mol. The van der Waals surface area contributed by atoms with Gasteiger partial charge in [-0.2, -0.15) is 0 Å². The molecule has 0 spiro atoms. The third-order valence-electron chi connectivity index (χ3n) is 8.78. The third-order valence-corrected chi connectivity index (χ3v) is 8.78. The second-order valence-corrected chi connectivity index (χ2v) is 10.8. The van der Waals surface area contributed by atoms with Crippen molar-refractivity contribution in [3.8, 4) is 0 Å². The van der Waals surface area contributed by atoms with Gasteiger partial charge in [0.05, 0.1) is 37.5 Å². The number of carbonyl (C=O) groups excluding carboxylic acids is 1. The van der Waals surface area contributed by atoms with Crippen molar-refractivity contribution in [2.75, 3.05) is 25.0 Å². The Labute approximate surface area is 163 Å². The standard InChI is InChI=1S/C24H32N2O/c1-15-3-4-21-19(7-15)20-14-25(2)6-5-22(20)26(21)23(27)24-11-16-8-17(12-24)10-18(9-16)13-24/h3-4,7,16-18,20,22H,5-6,8-14H2,1-2H3/p+1/t16?,17?,18?,20-,22+,24?/m0/s1. The van der Waals surface area contributed by atoms with Gasteiger partial charge in [0.15, 0.2) is 0 Å². The number of likely N-dealkylation sites (tertiary alicyclic amines) is 1. The molecule has 27 heavy (non-hydrogen) atoms. The average Bonchev–Trinajstić information content (AvgIpc) is 2.93. The monoisotopic (exact) mass is 365 g/mol. The predicted octanol–water partition coefficient (Wildman–Crippen LogP) is 2.93. The van der Waals surface area contributed by atoms with Crippen molar-refractivity contribution in [2.24, 2.45) is 23.2 Å². The molecule has 7 rings (SSSR count). The minimum atomic E-state index is -0.0258. The zero-order valence-corrected chi connectivity index (χ0v) is 16.8. The van der Waals surface area contributed by atoms with E-state index < -0.39 is 0 Å². The fourth-order valence-electron chi connectivity index (χ4n) is 8.09. The molecule has 144 valence electrons. The van der Waals surface area contributed by atoms with E-state index in [9.17, 15) is 4.79 Å². The summed E-state index contributed by atoms with van der Waals surface area (Å²) in [6, 6.07) is 7.26. The molecule has 4 bridgehead atoms. The second-order valence-electron chi connectivity index (χ2n) is 10.8. The highest BCUT2D eigenvalue weighted by molar-refractivity contribution is 6.01. The van der Waals surface area contributed by atoms with Crippen molar-refractivity contribution in [3.63, 3.8) is 0 Å². The zero-order valence-electron chi connectivity index (χ0n) is 16.8. The fraction of sp³-hybridized carbons (Fsp3) is 0.708.